The second-order valence-electron chi connectivity index (χ2n) is 10.9. The van der Waals surface area contributed by atoms with Gasteiger partial charge < -0.3 is 15.3 Å². The van der Waals surface area contributed by atoms with Gasteiger partial charge in [0.25, 0.3) is 0 Å². The van der Waals surface area contributed by atoms with Gasteiger partial charge in [-0.05, 0) is 85.4 Å². The first-order chi connectivity index (χ1) is 25.6. The standard InChI is InChI=1S/C18H13N5S3.C18H11N3O6.Ru/c1-12-2-5-17(26-12)13-3-4-14(21-9-13)16-8-15(18-20-6-7-25-18)22-23(16)11-24-10-19;22-16(23)9-1-3-19-12(5-9)14-7-11(18(26)27)8-15(21-14)13-6-10(17(24)25)2-4-20-13;/h2-9H,11H2,1H3;1-8H,(H,22,23)(H,24,25)(H,26,27);. The number of nitriles is 1. The third-order valence-electron chi connectivity index (χ3n) is 7.34. The molecule has 3 N–H and O–H groups in total. The predicted octanol–water partition coefficient (Wildman–Crippen LogP) is 7.58. The average Bonchev–Trinajstić information content (AvgIpc) is 3.96. The fourth-order valence-corrected chi connectivity index (χ4v) is 6.70. The van der Waals surface area contributed by atoms with E-state index in [9.17, 15) is 19.5 Å². The van der Waals surface area contributed by atoms with Gasteiger partial charge in [-0.15, -0.1) is 22.7 Å². The van der Waals surface area contributed by atoms with Crippen LogP contribution in [0, 0.1) is 17.6 Å². The second kappa shape index (κ2) is 17.7. The summed E-state index contributed by atoms with van der Waals surface area (Å²) >= 11 is 4.44. The number of hydrogen-bond donors (Lipinski definition) is 3. The van der Waals surface area contributed by atoms with Crippen LogP contribution in [0.15, 0.2) is 96.9 Å². The molecule has 0 fully saturated rings. The normalized spacial score (nSPS) is 10.4. The molecule has 0 aliphatic carbocycles. The van der Waals surface area contributed by atoms with E-state index in [4.69, 9.17) is 15.5 Å². The Morgan fingerprint density at radius 3 is 1.87 bits per heavy atom. The minimum absolute atomic E-state index is 0. The molecule has 7 aromatic rings. The molecule has 0 aromatic carbocycles. The Morgan fingerprint density at radius 1 is 0.741 bits per heavy atom. The number of aromatic nitrogens is 7. The van der Waals surface area contributed by atoms with E-state index in [0.29, 0.717) is 5.88 Å². The summed E-state index contributed by atoms with van der Waals surface area (Å²) in [7, 11) is 0. The average molecular weight is 862 g/mol. The number of rotatable bonds is 10. The first-order valence-electron chi connectivity index (χ1n) is 15.3. The van der Waals surface area contributed by atoms with Crippen LogP contribution < -0.4 is 0 Å². The van der Waals surface area contributed by atoms with Gasteiger partial charge in [0.05, 0.1) is 50.9 Å². The molecule has 7 rings (SSSR count). The Balaban J connectivity index is 0.000000204. The number of carboxylic acids is 3. The van der Waals surface area contributed by atoms with Crippen molar-refractivity contribution in [1.29, 1.82) is 5.26 Å². The molecule has 0 radical (unpaired) electrons. The minimum Gasteiger partial charge on any atom is -0.478 e. The van der Waals surface area contributed by atoms with Crippen LogP contribution in [0.3, 0.4) is 0 Å². The zero-order chi connectivity index (χ0) is 37.5. The van der Waals surface area contributed by atoms with Crippen molar-refractivity contribution in [3.8, 4) is 60.7 Å². The zero-order valence-corrected chi connectivity index (χ0v) is 31.9. The number of thioether (sulfide) groups is 1. The number of thiophene rings is 1. The number of nitrogens with zero attached hydrogens (tertiary/aromatic N) is 8. The van der Waals surface area contributed by atoms with Crippen LogP contribution >= 0.6 is 34.4 Å². The largest absolute Gasteiger partial charge is 0.478 e. The fourth-order valence-electron chi connectivity index (χ4n) is 4.87. The van der Waals surface area contributed by atoms with Gasteiger partial charge in [-0.1, -0.05) is 0 Å². The Hall–Kier alpha value is -5.99. The number of hydrogen-bond acceptors (Lipinski definition) is 13. The Labute approximate surface area is 331 Å². The topological polar surface area (TPSA) is 218 Å². The predicted molar refractivity (Wildman–Crippen MR) is 199 cm³/mol. The molecule has 0 saturated carbocycles. The maximum absolute atomic E-state index is 11.5. The Bertz CT molecular complexity index is 2420. The summed E-state index contributed by atoms with van der Waals surface area (Å²) in [6.07, 6.45) is 6.20. The molecule has 18 heteroatoms. The van der Waals surface area contributed by atoms with E-state index < -0.39 is 17.9 Å². The van der Waals surface area contributed by atoms with Gasteiger partial charge in [0, 0.05) is 65.0 Å². The smallest absolute Gasteiger partial charge is 0.335 e. The molecule has 14 nitrogen and oxygen atoms in total. The SMILES string of the molecule is Cc1ccc(-c2ccc(-c3cc(-c4nccs4)nn3CSC#N)nc2)s1.O=C(O)c1ccnc(-c2cc(C(=O)O)cc(-c3cc(C(=O)O)ccn3)n2)c1.[Ru]. The second-order valence-corrected chi connectivity index (χ2v) is 13.8. The van der Waals surface area contributed by atoms with Gasteiger partial charge >= 0.3 is 17.9 Å². The number of aryl methyl sites for hydroxylation is 1. The number of thiazole rings is 1. The molecule has 0 aliphatic rings. The van der Waals surface area contributed by atoms with Crippen molar-refractivity contribution < 1.29 is 49.2 Å². The van der Waals surface area contributed by atoms with Crippen molar-refractivity contribution in [3.05, 3.63) is 118 Å². The summed E-state index contributed by atoms with van der Waals surface area (Å²) in [5.74, 6) is -3.11. The third kappa shape index (κ3) is 9.32. The van der Waals surface area contributed by atoms with E-state index in [2.05, 4.69) is 60.5 Å². The molecule has 0 spiro atoms. The summed E-state index contributed by atoms with van der Waals surface area (Å²) in [5, 5.41) is 45.9. The van der Waals surface area contributed by atoms with Crippen molar-refractivity contribution in [2.75, 3.05) is 0 Å². The molecule has 7 aromatic heterocycles. The number of thiocyanates is 1. The van der Waals surface area contributed by atoms with E-state index >= 15 is 0 Å². The first-order valence-corrected chi connectivity index (χ1v) is 17.9. The maximum Gasteiger partial charge on any atom is 0.335 e. The van der Waals surface area contributed by atoms with Crippen molar-refractivity contribution >= 4 is 52.3 Å². The maximum atomic E-state index is 11.5. The number of carbonyl (C=O) groups is 3. The van der Waals surface area contributed by atoms with Gasteiger partial charge in [0.2, 0.25) is 0 Å². The van der Waals surface area contributed by atoms with E-state index in [1.807, 2.05) is 28.4 Å². The van der Waals surface area contributed by atoms with E-state index in [1.54, 1.807) is 28.9 Å². The van der Waals surface area contributed by atoms with Crippen LogP contribution in [0.2, 0.25) is 0 Å². The molecule has 0 unspecified atom stereocenters. The van der Waals surface area contributed by atoms with Crippen molar-refractivity contribution in [2.24, 2.45) is 0 Å². The van der Waals surface area contributed by atoms with Crippen LogP contribution in [0.25, 0.3) is 55.3 Å². The first kappa shape index (κ1) is 39.2. The third-order valence-corrected chi connectivity index (χ3v) is 9.69. The van der Waals surface area contributed by atoms with Crippen LogP contribution in [-0.2, 0) is 25.4 Å². The van der Waals surface area contributed by atoms with Crippen LogP contribution in [-0.4, -0.2) is 67.9 Å². The van der Waals surface area contributed by atoms with Crippen molar-refractivity contribution in [1.82, 2.24) is 34.7 Å². The van der Waals surface area contributed by atoms with Crippen LogP contribution in [0.5, 0.6) is 0 Å². The molecule has 270 valence electrons. The zero-order valence-electron chi connectivity index (χ0n) is 27.7. The molecule has 7 heterocycles. The van der Waals surface area contributed by atoms with Gasteiger partial charge in [-0.3, -0.25) is 19.6 Å². The summed E-state index contributed by atoms with van der Waals surface area (Å²) < 4.78 is 1.81. The van der Waals surface area contributed by atoms with E-state index in [-0.39, 0.29) is 58.9 Å². The summed E-state index contributed by atoms with van der Waals surface area (Å²) in [6, 6.07) is 17.9. The summed E-state index contributed by atoms with van der Waals surface area (Å²) in [4.78, 5) is 57.6. The molecular formula is C36H24N8O6RuS3. The van der Waals surface area contributed by atoms with E-state index in [1.165, 1.54) is 58.5 Å². The molecule has 0 bridgehead atoms. The fraction of sp³-hybridized carbons (Fsp3) is 0.0556. The number of pyridine rings is 4. The van der Waals surface area contributed by atoms with Crippen LogP contribution in [0.4, 0.5) is 0 Å². The monoisotopic (exact) mass is 862 g/mol. The molecule has 0 amide bonds. The van der Waals surface area contributed by atoms with Crippen molar-refractivity contribution in [3.63, 3.8) is 0 Å². The molecule has 0 saturated heterocycles. The Kier molecular flexibility index (Phi) is 12.8. The number of carboxylic acid groups (broad SMARTS) is 3. The van der Waals surface area contributed by atoms with Gasteiger partial charge in [-0.25, -0.2) is 24.4 Å². The van der Waals surface area contributed by atoms with Gasteiger partial charge in [-0.2, -0.15) is 10.4 Å². The molecule has 54 heavy (non-hydrogen) atoms. The Morgan fingerprint density at radius 2 is 1.37 bits per heavy atom. The quantitative estimate of drug-likeness (QED) is 0.0893. The van der Waals surface area contributed by atoms with Crippen LogP contribution in [0.1, 0.15) is 36.0 Å². The molecule has 0 aliphatic heterocycles. The van der Waals surface area contributed by atoms with Gasteiger partial charge in [0.1, 0.15) is 22.0 Å². The minimum atomic E-state index is -1.23. The van der Waals surface area contributed by atoms with Gasteiger partial charge in [0.15, 0.2) is 0 Å². The molecule has 0 atom stereocenters. The summed E-state index contributed by atoms with van der Waals surface area (Å²) in [5.41, 5.74) is 3.99. The summed E-state index contributed by atoms with van der Waals surface area (Å²) in [6.45, 7) is 2.10. The molecular weight excluding hydrogens is 838 g/mol. The van der Waals surface area contributed by atoms with E-state index in [0.717, 1.165) is 39.4 Å². The number of aromatic carboxylic acids is 3. The van der Waals surface area contributed by atoms with Crippen molar-refractivity contribution in [2.45, 2.75) is 12.8 Å².